The third kappa shape index (κ3) is 2.31. The van der Waals surface area contributed by atoms with E-state index in [0.29, 0.717) is 11.6 Å². The summed E-state index contributed by atoms with van der Waals surface area (Å²) in [5.41, 5.74) is 2.50. The molecule has 78 valence electrons. The second kappa shape index (κ2) is 4.09. The fraction of sp³-hybridized carbons (Fsp3) is 0.333. The van der Waals surface area contributed by atoms with E-state index < -0.39 is 5.91 Å². The lowest BCUT2D eigenvalue weighted by Gasteiger charge is -2.10. The van der Waals surface area contributed by atoms with Gasteiger partial charge < -0.3 is 0 Å². The van der Waals surface area contributed by atoms with Gasteiger partial charge in [0.05, 0.1) is 0 Å². The third-order valence-corrected chi connectivity index (χ3v) is 2.20. The highest BCUT2D eigenvalue weighted by Gasteiger charge is 2.19. The van der Waals surface area contributed by atoms with Crippen LogP contribution in [-0.4, -0.2) is 32.3 Å². The molecule has 0 unspecified atom stereocenters. The van der Waals surface area contributed by atoms with Gasteiger partial charge in [-0.05, 0) is 5.21 Å². The van der Waals surface area contributed by atoms with E-state index in [1.165, 1.54) is 0 Å². The Morgan fingerprint density at radius 3 is 2.93 bits per heavy atom. The first-order valence-electron chi connectivity index (χ1n) is 4.07. The lowest BCUT2D eigenvalue weighted by atomic mass is 10.2. The Hall–Kier alpha value is -1.90. The van der Waals surface area contributed by atoms with Crippen LogP contribution >= 0.6 is 11.5 Å². The van der Waals surface area contributed by atoms with Gasteiger partial charge >= 0.3 is 0 Å². The number of carbonyl (C=O) groups is 2. The van der Waals surface area contributed by atoms with E-state index in [1.807, 2.05) is 0 Å². The highest BCUT2D eigenvalue weighted by molar-refractivity contribution is 7.09. The summed E-state index contributed by atoms with van der Waals surface area (Å²) in [6.45, 7) is 0. The van der Waals surface area contributed by atoms with Crippen molar-refractivity contribution in [3.63, 3.8) is 0 Å². The highest BCUT2D eigenvalue weighted by atomic mass is 32.1. The van der Waals surface area contributed by atoms with Crippen molar-refractivity contribution in [2.24, 2.45) is 5.10 Å². The second-order valence-corrected chi connectivity index (χ2v) is 3.45. The molecule has 1 aliphatic rings. The van der Waals surface area contributed by atoms with Gasteiger partial charge in [0.15, 0.2) is 0 Å². The van der Waals surface area contributed by atoms with Crippen molar-refractivity contribution in [1.82, 2.24) is 20.2 Å². The van der Waals surface area contributed by atoms with Crippen LogP contribution < -0.4 is 10.7 Å². The Balaban J connectivity index is 2.00. The molecule has 2 heterocycles. The van der Waals surface area contributed by atoms with Crippen molar-refractivity contribution in [2.75, 3.05) is 5.32 Å². The summed E-state index contributed by atoms with van der Waals surface area (Å²) in [6, 6.07) is 0. The van der Waals surface area contributed by atoms with Crippen molar-refractivity contribution >= 4 is 34.2 Å². The quantitative estimate of drug-likeness (QED) is 0.681. The number of hydrogen-bond donors (Lipinski definition) is 2. The molecule has 9 heteroatoms. The zero-order chi connectivity index (χ0) is 10.7. The van der Waals surface area contributed by atoms with Gasteiger partial charge in [0.25, 0.3) is 5.91 Å². The van der Waals surface area contributed by atoms with Crippen LogP contribution in [0.15, 0.2) is 5.10 Å². The van der Waals surface area contributed by atoms with E-state index >= 15 is 0 Å². The molecule has 0 atom stereocenters. The van der Waals surface area contributed by atoms with E-state index in [2.05, 4.69) is 30.6 Å². The Kier molecular flexibility index (Phi) is 2.63. The molecule has 0 aromatic carbocycles. The van der Waals surface area contributed by atoms with Gasteiger partial charge in [0, 0.05) is 24.4 Å². The predicted octanol–water partition coefficient (Wildman–Crippen LogP) is -0.862. The molecule has 15 heavy (non-hydrogen) atoms. The molecule has 0 spiro atoms. The summed E-state index contributed by atoms with van der Waals surface area (Å²) in [5.74, 6) is -0.585. The summed E-state index contributed by atoms with van der Waals surface area (Å²) in [4.78, 5) is 22.3. The largest absolute Gasteiger partial charge is 0.294 e. The van der Waals surface area contributed by atoms with Crippen molar-refractivity contribution in [1.29, 1.82) is 0 Å². The number of rotatable bonds is 2. The number of aromatic nitrogens is 3. The summed E-state index contributed by atoms with van der Waals surface area (Å²) in [5, 5.41) is 13.3. The fourth-order valence-electron chi connectivity index (χ4n) is 0.989. The number of anilines is 1. The van der Waals surface area contributed by atoms with Crippen LogP contribution in [0.2, 0.25) is 0 Å². The topological polar surface area (TPSA) is 109 Å². The van der Waals surface area contributed by atoms with Gasteiger partial charge in [-0.25, -0.2) is 5.43 Å². The maximum Gasteiger partial charge on any atom is 0.273 e. The maximum absolute atomic E-state index is 11.5. The molecule has 2 rings (SSSR count). The van der Waals surface area contributed by atoms with Gasteiger partial charge in [0.1, 0.15) is 5.71 Å². The first-order valence-corrected chi connectivity index (χ1v) is 4.85. The molecule has 1 aromatic rings. The number of carbonyl (C=O) groups excluding carboxylic acids is 2. The molecule has 0 saturated heterocycles. The van der Waals surface area contributed by atoms with Crippen molar-refractivity contribution < 1.29 is 9.59 Å². The van der Waals surface area contributed by atoms with Crippen molar-refractivity contribution in [2.45, 2.75) is 12.8 Å². The molecule has 1 aromatic heterocycles. The van der Waals surface area contributed by atoms with E-state index in [-0.39, 0.29) is 18.0 Å². The average molecular weight is 226 g/mol. The average Bonchev–Trinajstić information content (AvgIpc) is 2.71. The van der Waals surface area contributed by atoms with Crippen molar-refractivity contribution in [3.05, 3.63) is 0 Å². The van der Waals surface area contributed by atoms with E-state index in [1.54, 1.807) is 0 Å². The summed E-state index contributed by atoms with van der Waals surface area (Å²) >= 11 is 0.969. The Morgan fingerprint density at radius 1 is 1.47 bits per heavy atom. The normalized spacial score (nSPS) is 15.5. The number of amides is 2. The van der Waals surface area contributed by atoms with Crippen LogP contribution in [0.4, 0.5) is 5.13 Å². The summed E-state index contributed by atoms with van der Waals surface area (Å²) in [7, 11) is 0. The SMILES string of the molecule is O=C1CCC(C(=O)Nc2nnns2)=NN1. The molecule has 8 nitrogen and oxygen atoms in total. The molecule has 0 radical (unpaired) electrons. The molecular formula is C6H6N6O2S. The Labute approximate surface area is 87.9 Å². The highest BCUT2D eigenvalue weighted by Crippen LogP contribution is 2.07. The number of hydrogen-bond acceptors (Lipinski definition) is 7. The van der Waals surface area contributed by atoms with Crippen LogP contribution in [-0.2, 0) is 9.59 Å². The van der Waals surface area contributed by atoms with Gasteiger partial charge in [0.2, 0.25) is 11.0 Å². The second-order valence-electron chi connectivity index (χ2n) is 2.72. The molecule has 1 aliphatic heterocycles. The molecule has 0 bridgehead atoms. The van der Waals surface area contributed by atoms with Crippen LogP contribution in [0.5, 0.6) is 0 Å². The number of nitrogens with zero attached hydrogens (tertiary/aromatic N) is 4. The van der Waals surface area contributed by atoms with Gasteiger partial charge in [-0.2, -0.15) is 5.10 Å². The molecule has 2 N–H and O–H groups in total. The predicted molar refractivity (Wildman–Crippen MR) is 51.1 cm³/mol. The summed E-state index contributed by atoms with van der Waals surface area (Å²) in [6.07, 6.45) is 0.588. The van der Waals surface area contributed by atoms with E-state index in [4.69, 9.17) is 0 Å². The smallest absolute Gasteiger partial charge is 0.273 e. The first-order chi connectivity index (χ1) is 7.25. The van der Waals surface area contributed by atoms with E-state index in [9.17, 15) is 9.59 Å². The van der Waals surface area contributed by atoms with Crippen molar-refractivity contribution in [3.8, 4) is 0 Å². The van der Waals surface area contributed by atoms with Gasteiger partial charge in [-0.1, -0.05) is 9.59 Å². The number of hydrazone groups is 1. The molecule has 2 amide bonds. The van der Waals surface area contributed by atoms with Crippen LogP contribution in [0, 0.1) is 0 Å². The minimum absolute atomic E-state index is 0.191. The standard InChI is InChI=1S/C6H6N6O2S/c13-4-2-1-3(8-9-4)5(14)7-6-10-11-12-15-6/h1-2H2,(H,9,13)(H,7,10,12,14). The maximum atomic E-state index is 11.5. The minimum Gasteiger partial charge on any atom is -0.294 e. The van der Waals surface area contributed by atoms with Crippen LogP contribution in [0.1, 0.15) is 12.8 Å². The van der Waals surface area contributed by atoms with Crippen LogP contribution in [0.3, 0.4) is 0 Å². The Bertz CT molecular complexity index is 413. The minimum atomic E-state index is -0.395. The number of nitrogens with one attached hydrogen (secondary N) is 2. The monoisotopic (exact) mass is 226 g/mol. The Morgan fingerprint density at radius 2 is 2.33 bits per heavy atom. The van der Waals surface area contributed by atoms with E-state index in [0.717, 1.165) is 11.5 Å². The van der Waals surface area contributed by atoms with Gasteiger partial charge in [-0.15, -0.1) is 0 Å². The zero-order valence-corrected chi connectivity index (χ0v) is 8.24. The third-order valence-electron chi connectivity index (χ3n) is 1.69. The fourth-order valence-corrected chi connectivity index (χ4v) is 1.35. The van der Waals surface area contributed by atoms with Gasteiger partial charge in [-0.3, -0.25) is 14.9 Å². The first kappa shape index (κ1) is 9.65. The van der Waals surface area contributed by atoms with Crippen LogP contribution in [0.25, 0.3) is 0 Å². The zero-order valence-electron chi connectivity index (χ0n) is 7.43. The molecular weight excluding hydrogens is 220 g/mol. The molecule has 0 saturated carbocycles. The lowest BCUT2D eigenvalue weighted by molar-refractivity contribution is -0.121. The summed E-state index contributed by atoms with van der Waals surface area (Å²) < 4.78 is 3.49. The molecule has 0 fully saturated rings. The lowest BCUT2D eigenvalue weighted by Crippen LogP contribution is -2.32. The molecule has 0 aliphatic carbocycles.